The number of aromatic hydroxyl groups is 1. The molecule has 0 amide bonds. The van der Waals surface area contributed by atoms with E-state index in [1.54, 1.807) is 0 Å². The van der Waals surface area contributed by atoms with E-state index in [-0.39, 0.29) is 11.9 Å². The first-order chi connectivity index (χ1) is 7.18. The lowest BCUT2D eigenvalue weighted by Gasteiger charge is -2.23. The second-order valence-electron chi connectivity index (χ2n) is 3.96. The van der Waals surface area contributed by atoms with Crippen LogP contribution in [0.5, 0.6) is 5.88 Å². The van der Waals surface area contributed by atoms with Crippen molar-refractivity contribution in [3.05, 3.63) is 26.9 Å². The van der Waals surface area contributed by atoms with Gasteiger partial charge in [0.1, 0.15) is 0 Å². The van der Waals surface area contributed by atoms with E-state index < -0.39 is 11.2 Å². The highest BCUT2D eigenvalue weighted by Gasteiger charge is 2.19. The van der Waals surface area contributed by atoms with Gasteiger partial charge < -0.3 is 5.11 Å². The summed E-state index contributed by atoms with van der Waals surface area (Å²) in [5.41, 5.74) is -1.06. The Kier molecular flexibility index (Phi) is 2.62. The van der Waals surface area contributed by atoms with Crippen molar-refractivity contribution in [1.82, 2.24) is 9.55 Å². The third-order valence-corrected chi connectivity index (χ3v) is 2.90. The number of aromatic amines is 1. The number of nitrogens with one attached hydrogen (secondary N) is 1. The van der Waals surface area contributed by atoms with Gasteiger partial charge in [0.2, 0.25) is 5.88 Å². The van der Waals surface area contributed by atoms with Gasteiger partial charge in [-0.05, 0) is 12.8 Å². The van der Waals surface area contributed by atoms with Crippen molar-refractivity contribution in [1.29, 1.82) is 0 Å². The minimum absolute atomic E-state index is 0.0306. The Morgan fingerprint density at radius 3 is 2.53 bits per heavy atom. The number of nitrogens with zero attached hydrogens (tertiary/aromatic N) is 1. The zero-order valence-electron chi connectivity index (χ0n) is 8.40. The molecule has 0 bridgehead atoms. The van der Waals surface area contributed by atoms with Crippen LogP contribution in [-0.2, 0) is 0 Å². The molecule has 0 unspecified atom stereocenters. The number of aromatic nitrogens is 2. The Balaban J connectivity index is 2.42. The third-order valence-electron chi connectivity index (χ3n) is 2.90. The highest BCUT2D eigenvalue weighted by atomic mass is 16.3. The summed E-state index contributed by atoms with van der Waals surface area (Å²) in [6, 6.07) is 1.08. The first-order valence-corrected chi connectivity index (χ1v) is 5.23. The predicted molar refractivity (Wildman–Crippen MR) is 55.1 cm³/mol. The molecule has 1 aliphatic carbocycles. The summed E-state index contributed by atoms with van der Waals surface area (Å²) in [5, 5.41) is 9.57. The number of rotatable bonds is 1. The summed E-state index contributed by atoms with van der Waals surface area (Å²) in [4.78, 5) is 24.6. The lowest BCUT2D eigenvalue weighted by molar-refractivity contribution is 0.299. The zero-order chi connectivity index (χ0) is 10.8. The zero-order valence-corrected chi connectivity index (χ0v) is 8.40. The van der Waals surface area contributed by atoms with E-state index in [4.69, 9.17) is 0 Å². The molecule has 0 radical (unpaired) electrons. The van der Waals surface area contributed by atoms with Crippen LogP contribution in [0.1, 0.15) is 38.1 Å². The van der Waals surface area contributed by atoms with Crippen LogP contribution < -0.4 is 11.2 Å². The van der Waals surface area contributed by atoms with E-state index in [0.717, 1.165) is 31.7 Å². The molecule has 0 aliphatic heterocycles. The highest BCUT2D eigenvalue weighted by molar-refractivity contribution is 5.07. The Labute approximate surface area is 86.4 Å². The summed E-state index contributed by atoms with van der Waals surface area (Å²) in [7, 11) is 0. The average molecular weight is 210 g/mol. The molecule has 1 aromatic rings. The Hall–Kier alpha value is -1.52. The lowest BCUT2D eigenvalue weighted by atomic mass is 9.95. The second kappa shape index (κ2) is 3.92. The SMILES string of the molecule is O=c1cc(O)n(C2CCCCC2)c(=O)[nH]1. The lowest BCUT2D eigenvalue weighted by Crippen LogP contribution is -2.32. The summed E-state index contributed by atoms with van der Waals surface area (Å²) < 4.78 is 1.29. The largest absolute Gasteiger partial charge is 0.494 e. The molecule has 0 aromatic carbocycles. The second-order valence-corrected chi connectivity index (χ2v) is 3.96. The molecule has 82 valence electrons. The van der Waals surface area contributed by atoms with Crippen LogP contribution in [0.15, 0.2) is 15.7 Å². The summed E-state index contributed by atoms with van der Waals surface area (Å²) in [6.07, 6.45) is 5.08. The van der Waals surface area contributed by atoms with Crippen molar-refractivity contribution >= 4 is 0 Å². The van der Waals surface area contributed by atoms with E-state index >= 15 is 0 Å². The quantitative estimate of drug-likeness (QED) is 0.718. The topological polar surface area (TPSA) is 75.1 Å². The molecular formula is C10H14N2O3. The van der Waals surface area contributed by atoms with Crippen molar-refractivity contribution in [2.75, 3.05) is 0 Å². The van der Waals surface area contributed by atoms with Gasteiger partial charge in [0.05, 0.1) is 6.07 Å². The Morgan fingerprint density at radius 1 is 1.27 bits per heavy atom. The fraction of sp³-hybridized carbons (Fsp3) is 0.600. The first kappa shape index (κ1) is 10.0. The van der Waals surface area contributed by atoms with Gasteiger partial charge in [-0.2, -0.15) is 0 Å². The maximum absolute atomic E-state index is 11.5. The summed E-state index contributed by atoms with van der Waals surface area (Å²) >= 11 is 0. The van der Waals surface area contributed by atoms with Gasteiger partial charge in [0, 0.05) is 6.04 Å². The molecule has 1 aromatic heterocycles. The fourth-order valence-corrected chi connectivity index (χ4v) is 2.18. The van der Waals surface area contributed by atoms with E-state index in [1.807, 2.05) is 0 Å². The molecule has 0 atom stereocenters. The van der Waals surface area contributed by atoms with Gasteiger partial charge in [-0.15, -0.1) is 0 Å². The maximum atomic E-state index is 11.5. The predicted octanol–water partition coefficient (Wildman–Crippen LogP) is 0.747. The average Bonchev–Trinajstić information content (AvgIpc) is 2.17. The molecule has 0 spiro atoms. The molecule has 5 nitrogen and oxygen atoms in total. The van der Waals surface area contributed by atoms with E-state index in [1.165, 1.54) is 11.0 Å². The van der Waals surface area contributed by atoms with Crippen LogP contribution >= 0.6 is 0 Å². The van der Waals surface area contributed by atoms with Crippen LogP contribution in [0, 0.1) is 0 Å². The van der Waals surface area contributed by atoms with E-state index in [0.29, 0.717) is 0 Å². The molecule has 2 rings (SSSR count). The smallest absolute Gasteiger partial charge is 0.331 e. The van der Waals surface area contributed by atoms with Crippen molar-refractivity contribution in [2.24, 2.45) is 0 Å². The van der Waals surface area contributed by atoms with Crippen molar-refractivity contribution in [3.8, 4) is 5.88 Å². The third kappa shape index (κ3) is 1.95. The standard InChI is InChI=1S/C10H14N2O3/c13-8-6-9(14)12(10(15)11-8)7-4-2-1-3-5-7/h6-7,14H,1-5H2,(H,11,13,15). The van der Waals surface area contributed by atoms with E-state index in [9.17, 15) is 14.7 Å². The van der Waals surface area contributed by atoms with Crippen LogP contribution in [-0.4, -0.2) is 14.7 Å². The molecule has 0 saturated heterocycles. The normalized spacial score (nSPS) is 17.9. The van der Waals surface area contributed by atoms with Crippen molar-refractivity contribution in [3.63, 3.8) is 0 Å². The van der Waals surface area contributed by atoms with Crippen LogP contribution in [0.2, 0.25) is 0 Å². The van der Waals surface area contributed by atoms with Crippen LogP contribution in [0.3, 0.4) is 0 Å². The van der Waals surface area contributed by atoms with E-state index in [2.05, 4.69) is 4.98 Å². The number of H-pyrrole nitrogens is 1. The van der Waals surface area contributed by atoms with Gasteiger partial charge in [0.15, 0.2) is 0 Å². The van der Waals surface area contributed by atoms with Crippen LogP contribution in [0.25, 0.3) is 0 Å². The Morgan fingerprint density at radius 2 is 1.93 bits per heavy atom. The van der Waals surface area contributed by atoms with Gasteiger partial charge >= 0.3 is 5.69 Å². The fourth-order valence-electron chi connectivity index (χ4n) is 2.18. The molecule has 2 N–H and O–H groups in total. The molecule has 1 fully saturated rings. The number of hydrogen-bond acceptors (Lipinski definition) is 3. The van der Waals surface area contributed by atoms with Gasteiger partial charge in [-0.1, -0.05) is 19.3 Å². The Bertz CT molecular complexity index is 454. The summed E-state index contributed by atoms with van der Waals surface area (Å²) in [6.45, 7) is 0. The molecule has 1 heterocycles. The van der Waals surface area contributed by atoms with Crippen molar-refractivity contribution < 1.29 is 5.11 Å². The van der Waals surface area contributed by atoms with Gasteiger partial charge in [0.25, 0.3) is 5.56 Å². The monoisotopic (exact) mass is 210 g/mol. The molecule has 1 saturated carbocycles. The maximum Gasteiger partial charge on any atom is 0.331 e. The molecule has 1 aliphatic rings. The molecule has 15 heavy (non-hydrogen) atoms. The number of hydrogen-bond donors (Lipinski definition) is 2. The highest BCUT2D eigenvalue weighted by Crippen LogP contribution is 2.28. The minimum atomic E-state index is -0.551. The molecule has 5 heteroatoms. The van der Waals surface area contributed by atoms with Gasteiger partial charge in [-0.3, -0.25) is 14.3 Å². The van der Waals surface area contributed by atoms with Gasteiger partial charge in [-0.25, -0.2) is 4.79 Å². The van der Waals surface area contributed by atoms with Crippen LogP contribution in [0.4, 0.5) is 0 Å². The molecular weight excluding hydrogens is 196 g/mol. The minimum Gasteiger partial charge on any atom is -0.494 e. The van der Waals surface area contributed by atoms with Crippen molar-refractivity contribution in [2.45, 2.75) is 38.1 Å². The summed E-state index contributed by atoms with van der Waals surface area (Å²) in [5.74, 6) is -0.226. The first-order valence-electron chi connectivity index (χ1n) is 5.23.